The molecule has 9 heteroatoms. The van der Waals surface area contributed by atoms with Gasteiger partial charge in [0.1, 0.15) is 18.1 Å². The Kier molecular flexibility index (Phi) is 5.81. The van der Waals surface area contributed by atoms with E-state index in [9.17, 15) is 18.0 Å². The number of ether oxygens (including phenoxy) is 1. The number of aromatic nitrogens is 2. The summed E-state index contributed by atoms with van der Waals surface area (Å²) in [6.07, 6.45) is -4.15. The van der Waals surface area contributed by atoms with E-state index in [2.05, 4.69) is 10.2 Å². The second-order valence-corrected chi connectivity index (χ2v) is 4.10. The van der Waals surface area contributed by atoms with Crippen LogP contribution < -0.4 is 5.73 Å². The summed E-state index contributed by atoms with van der Waals surface area (Å²) in [5.74, 6) is -0.738. The predicted molar refractivity (Wildman–Crippen MR) is 66.1 cm³/mol. The molecule has 1 heterocycles. The number of aromatic amines is 1. The summed E-state index contributed by atoms with van der Waals surface area (Å²) in [7, 11) is 0. The molecule has 3 N–H and O–H groups in total. The first-order valence-electron chi connectivity index (χ1n) is 6.08. The SMILES string of the molecule is CCOCCCN(CC(F)(F)F)C(=O)c1cc(N)n[nH]1. The van der Waals surface area contributed by atoms with Crippen LogP contribution in [0.2, 0.25) is 0 Å². The molecule has 0 aliphatic carbocycles. The maximum Gasteiger partial charge on any atom is 0.406 e. The van der Waals surface area contributed by atoms with Gasteiger partial charge in [-0.2, -0.15) is 18.3 Å². The van der Waals surface area contributed by atoms with E-state index >= 15 is 0 Å². The van der Waals surface area contributed by atoms with E-state index in [-0.39, 0.29) is 18.1 Å². The molecule has 0 radical (unpaired) electrons. The van der Waals surface area contributed by atoms with Gasteiger partial charge in [-0.05, 0) is 13.3 Å². The lowest BCUT2D eigenvalue weighted by atomic mass is 10.3. The molecule has 1 rings (SSSR count). The van der Waals surface area contributed by atoms with E-state index in [0.29, 0.717) is 24.5 Å². The summed E-state index contributed by atoms with van der Waals surface area (Å²) in [4.78, 5) is 12.7. The number of carbonyl (C=O) groups is 1. The Morgan fingerprint density at radius 3 is 2.75 bits per heavy atom. The van der Waals surface area contributed by atoms with Gasteiger partial charge in [-0.3, -0.25) is 9.89 Å². The molecular weight excluding hydrogens is 277 g/mol. The zero-order chi connectivity index (χ0) is 15.2. The molecule has 114 valence electrons. The Balaban J connectivity index is 2.68. The molecule has 0 spiro atoms. The van der Waals surface area contributed by atoms with E-state index in [1.54, 1.807) is 6.92 Å². The van der Waals surface area contributed by atoms with Crippen LogP contribution in [0.4, 0.5) is 19.0 Å². The maximum atomic E-state index is 12.5. The molecule has 1 aromatic rings. The Morgan fingerprint density at radius 2 is 2.25 bits per heavy atom. The molecular formula is C11H17F3N4O2. The second-order valence-electron chi connectivity index (χ2n) is 4.10. The van der Waals surface area contributed by atoms with Gasteiger partial charge in [0, 0.05) is 25.8 Å². The smallest absolute Gasteiger partial charge is 0.382 e. The van der Waals surface area contributed by atoms with Crippen molar-refractivity contribution in [3.05, 3.63) is 11.8 Å². The Hall–Kier alpha value is -1.77. The number of nitrogens with zero attached hydrogens (tertiary/aromatic N) is 2. The molecule has 1 amide bonds. The number of nitrogens with one attached hydrogen (secondary N) is 1. The minimum absolute atomic E-state index is 0.0506. The normalized spacial score (nSPS) is 11.6. The number of amides is 1. The van der Waals surface area contributed by atoms with Crippen LogP contribution in [0.1, 0.15) is 23.8 Å². The molecule has 0 fully saturated rings. The van der Waals surface area contributed by atoms with Gasteiger partial charge in [0.25, 0.3) is 5.91 Å². The molecule has 0 aromatic carbocycles. The van der Waals surface area contributed by atoms with Gasteiger partial charge in [0.05, 0.1) is 0 Å². The summed E-state index contributed by atoms with van der Waals surface area (Å²) in [5, 5.41) is 5.83. The average molecular weight is 294 g/mol. The zero-order valence-electron chi connectivity index (χ0n) is 11.0. The summed E-state index contributed by atoms with van der Waals surface area (Å²) in [6.45, 7) is 1.17. The molecule has 0 aliphatic heterocycles. The van der Waals surface area contributed by atoms with Gasteiger partial charge in [0.15, 0.2) is 0 Å². The maximum absolute atomic E-state index is 12.5. The fraction of sp³-hybridized carbons (Fsp3) is 0.636. The number of nitrogens with two attached hydrogens (primary N) is 1. The van der Waals surface area contributed by atoms with Crippen LogP contribution in [-0.4, -0.2) is 53.5 Å². The number of carbonyl (C=O) groups excluding carboxylic acids is 1. The van der Waals surface area contributed by atoms with Gasteiger partial charge in [0.2, 0.25) is 0 Å². The van der Waals surface area contributed by atoms with Gasteiger partial charge < -0.3 is 15.4 Å². The predicted octanol–water partition coefficient (Wildman–Crippen LogP) is 1.42. The topological polar surface area (TPSA) is 84.2 Å². The summed E-state index contributed by atoms with van der Waals surface area (Å²) in [6, 6.07) is 1.20. The lowest BCUT2D eigenvalue weighted by Gasteiger charge is -2.23. The Morgan fingerprint density at radius 1 is 1.55 bits per heavy atom. The minimum atomic E-state index is -4.47. The molecule has 6 nitrogen and oxygen atoms in total. The van der Waals surface area contributed by atoms with Crippen molar-refractivity contribution >= 4 is 11.7 Å². The van der Waals surface area contributed by atoms with Gasteiger partial charge in [-0.1, -0.05) is 0 Å². The highest BCUT2D eigenvalue weighted by atomic mass is 19.4. The van der Waals surface area contributed by atoms with Crippen LogP contribution in [0, 0.1) is 0 Å². The van der Waals surface area contributed by atoms with Crippen molar-refractivity contribution in [2.45, 2.75) is 19.5 Å². The van der Waals surface area contributed by atoms with Crippen molar-refractivity contribution in [3.8, 4) is 0 Å². The Labute approximate surface area is 114 Å². The number of H-pyrrole nitrogens is 1. The summed E-state index contributed by atoms with van der Waals surface area (Å²) >= 11 is 0. The van der Waals surface area contributed by atoms with E-state index in [1.807, 2.05) is 0 Å². The number of hydrogen-bond acceptors (Lipinski definition) is 4. The van der Waals surface area contributed by atoms with Crippen molar-refractivity contribution in [1.82, 2.24) is 15.1 Å². The molecule has 0 bridgehead atoms. The minimum Gasteiger partial charge on any atom is -0.382 e. The van der Waals surface area contributed by atoms with Crippen molar-refractivity contribution in [2.75, 3.05) is 32.0 Å². The number of hydrogen-bond donors (Lipinski definition) is 2. The largest absolute Gasteiger partial charge is 0.406 e. The highest BCUT2D eigenvalue weighted by molar-refractivity contribution is 5.93. The molecule has 0 atom stereocenters. The first-order chi connectivity index (χ1) is 9.33. The highest BCUT2D eigenvalue weighted by Crippen LogP contribution is 2.18. The van der Waals surface area contributed by atoms with Crippen molar-refractivity contribution in [3.63, 3.8) is 0 Å². The fourth-order valence-corrected chi connectivity index (χ4v) is 1.59. The third kappa shape index (κ3) is 5.47. The van der Waals surface area contributed by atoms with Gasteiger partial charge in [-0.25, -0.2) is 0 Å². The molecule has 20 heavy (non-hydrogen) atoms. The third-order valence-electron chi connectivity index (χ3n) is 2.41. The number of halogens is 3. The lowest BCUT2D eigenvalue weighted by molar-refractivity contribution is -0.141. The number of nitrogen functional groups attached to an aromatic ring is 1. The molecule has 0 unspecified atom stereocenters. The number of anilines is 1. The van der Waals surface area contributed by atoms with Crippen LogP contribution in [0.15, 0.2) is 6.07 Å². The first-order valence-corrected chi connectivity index (χ1v) is 6.08. The highest BCUT2D eigenvalue weighted by Gasteiger charge is 2.33. The monoisotopic (exact) mass is 294 g/mol. The fourth-order valence-electron chi connectivity index (χ4n) is 1.59. The molecule has 1 aromatic heterocycles. The third-order valence-corrected chi connectivity index (χ3v) is 2.41. The zero-order valence-corrected chi connectivity index (χ0v) is 11.0. The quantitative estimate of drug-likeness (QED) is 0.745. The number of alkyl halides is 3. The van der Waals surface area contributed by atoms with E-state index in [0.717, 1.165) is 0 Å². The average Bonchev–Trinajstić information content (AvgIpc) is 2.77. The molecule has 0 saturated carbocycles. The lowest BCUT2D eigenvalue weighted by Crippen LogP contribution is -2.40. The molecule has 0 aliphatic rings. The van der Waals surface area contributed by atoms with Crippen LogP contribution in [-0.2, 0) is 4.74 Å². The molecule has 0 saturated heterocycles. The van der Waals surface area contributed by atoms with E-state index < -0.39 is 18.6 Å². The van der Waals surface area contributed by atoms with Crippen LogP contribution >= 0.6 is 0 Å². The van der Waals surface area contributed by atoms with Crippen molar-refractivity contribution < 1.29 is 22.7 Å². The number of rotatable bonds is 7. The second kappa shape index (κ2) is 7.13. The van der Waals surface area contributed by atoms with E-state index in [4.69, 9.17) is 10.5 Å². The standard InChI is InChI=1S/C11H17F3N4O2/c1-2-20-5-3-4-18(7-11(12,13)14)10(19)8-6-9(15)17-16-8/h6H,2-5,7H2,1H3,(H3,15,16,17). The van der Waals surface area contributed by atoms with E-state index in [1.165, 1.54) is 6.07 Å². The summed E-state index contributed by atoms with van der Waals surface area (Å²) in [5.41, 5.74) is 5.26. The summed E-state index contributed by atoms with van der Waals surface area (Å²) < 4.78 is 42.5. The Bertz CT molecular complexity index is 434. The van der Waals surface area contributed by atoms with Gasteiger partial charge in [-0.15, -0.1) is 0 Å². The van der Waals surface area contributed by atoms with Crippen LogP contribution in [0.5, 0.6) is 0 Å². The van der Waals surface area contributed by atoms with Crippen molar-refractivity contribution in [2.24, 2.45) is 0 Å². The van der Waals surface area contributed by atoms with Crippen LogP contribution in [0.25, 0.3) is 0 Å². The van der Waals surface area contributed by atoms with Gasteiger partial charge >= 0.3 is 6.18 Å². The van der Waals surface area contributed by atoms with Crippen LogP contribution in [0.3, 0.4) is 0 Å². The first kappa shape index (κ1) is 16.3. The van der Waals surface area contributed by atoms with Crippen molar-refractivity contribution in [1.29, 1.82) is 0 Å².